The van der Waals surface area contributed by atoms with Crippen molar-refractivity contribution < 1.29 is 22.6 Å². The number of carbonyl (C=O) groups excluding carboxylic acids is 2. The Hall–Kier alpha value is -2.71. The molecular weight excluding hydrogens is 320 g/mol. The molecule has 0 aromatic heterocycles. The highest BCUT2D eigenvalue weighted by molar-refractivity contribution is 7.86. The first-order valence-electron chi connectivity index (χ1n) is 6.48. The number of rotatable bonds is 4. The molecule has 0 saturated heterocycles. The molecule has 2 aromatic rings. The number of hydrogen-bond acceptors (Lipinski definition) is 5. The summed E-state index contributed by atoms with van der Waals surface area (Å²) in [6, 6.07) is 9.46. The van der Waals surface area contributed by atoms with Crippen LogP contribution in [-0.4, -0.2) is 24.7 Å². The predicted octanol–water partition coefficient (Wildman–Crippen LogP) is 1.97. The molecule has 0 fully saturated rings. The summed E-state index contributed by atoms with van der Waals surface area (Å²) >= 11 is 0. The fourth-order valence-electron chi connectivity index (χ4n) is 1.92. The van der Waals surface area contributed by atoms with Crippen LogP contribution >= 0.6 is 0 Å². The van der Waals surface area contributed by atoms with Gasteiger partial charge in [-0.05, 0) is 37.3 Å². The first kappa shape index (κ1) is 16.7. The zero-order chi connectivity index (χ0) is 17.2. The maximum absolute atomic E-state index is 12.2. The van der Waals surface area contributed by atoms with Gasteiger partial charge in [0, 0.05) is 16.8 Å². The topological polar surface area (TPSA) is 127 Å². The molecular formula is C15H14N2O5S. The van der Waals surface area contributed by atoms with Crippen LogP contribution in [0.3, 0.4) is 0 Å². The normalized spacial score (nSPS) is 11.0. The lowest BCUT2D eigenvalue weighted by atomic mass is 10.1. The van der Waals surface area contributed by atoms with Crippen LogP contribution in [0.2, 0.25) is 0 Å². The monoisotopic (exact) mass is 334 g/mol. The molecule has 0 atom stereocenters. The van der Waals surface area contributed by atoms with Gasteiger partial charge in [0.05, 0.1) is 5.69 Å². The minimum Gasteiger partial charge on any atom is -0.399 e. The molecule has 120 valence electrons. The van der Waals surface area contributed by atoms with Gasteiger partial charge in [-0.25, -0.2) is 0 Å². The third-order valence-electron chi connectivity index (χ3n) is 3.08. The van der Waals surface area contributed by atoms with Gasteiger partial charge in [0.15, 0.2) is 5.78 Å². The van der Waals surface area contributed by atoms with Gasteiger partial charge >= 0.3 is 0 Å². The van der Waals surface area contributed by atoms with Gasteiger partial charge in [0.2, 0.25) is 0 Å². The molecule has 4 N–H and O–H groups in total. The molecule has 0 aliphatic heterocycles. The Balaban J connectivity index is 2.33. The summed E-state index contributed by atoms with van der Waals surface area (Å²) in [4.78, 5) is 22.9. The van der Waals surface area contributed by atoms with Crippen LogP contribution in [0.1, 0.15) is 27.6 Å². The van der Waals surface area contributed by atoms with Gasteiger partial charge in [-0.2, -0.15) is 8.42 Å². The second kappa shape index (κ2) is 6.19. The van der Waals surface area contributed by atoms with Gasteiger partial charge in [-0.1, -0.05) is 12.1 Å². The summed E-state index contributed by atoms with van der Waals surface area (Å²) in [6.45, 7) is 1.40. The lowest BCUT2D eigenvalue weighted by Gasteiger charge is -2.10. The van der Waals surface area contributed by atoms with Crippen LogP contribution in [0.5, 0.6) is 0 Å². The van der Waals surface area contributed by atoms with E-state index in [9.17, 15) is 22.6 Å². The van der Waals surface area contributed by atoms with Crippen molar-refractivity contribution in [2.24, 2.45) is 0 Å². The first-order chi connectivity index (χ1) is 10.7. The molecule has 0 aliphatic carbocycles. The zero-order valence-electron chi connectivity index (χ0n) is 12.1. The Labute approximate surface area is 132 Å². The Kier molecular flexibility index (Phi) is 4.48. The van der Waals surface area contributed by atoms with E-state index in [1.807, 2.05) is 0 Å². The van der Waals surface area contributed by atoms with E-state index in [2.05, 4.69) is 5.32 Å². The van der Waals surface area contributed by atoms with E-state index < -0.39 is 20.9 Å². The number of nitrogens with one attached hydrogen (secondary N) is 1. The Morgan fingerprint density at radius 2 is 1.61 bits per heavy atom. The molecule has 23 heavy (non-hydrogen) atoms. The number of amides is 1. The molecule has 0 spiro atoms. The summed E-state index contributed by atoms with van der Waals surface area (Å²) in [5.41, 5.74) is 6.33. The minimum absolute atomic E-state index is 0.131. The fourth-order valence-corrected chi connectivity index (χ4v) is 2.55. The van der Waals surface area contributed by atoms with Gasteiger partial charge in [0.25, 0.3) is 16.0 Å². The van der Waals surface area contributed by atoms with Crippen molar-refractivity contribution in [3.8, 4) is 0 Å². The summed E-state index contributed by atoms with van der Waals surface area (Å²) in [6.07, 6.45) is 0. The highest BCUT2D eigenvalue weighted by Crippen LogP contribution is 2.24. The molecule has 2 aromatic carbocycles. The standard InChI is InChI=1S/C15H14N2O5S/c1-9(18)10-2-4-11(5-3-10)15(19)17-13-8-12(16)6-7-14(13)23(20,21)22/h2-8H,16H2,1H3,(H,17,19)(H,20,21,22). The number of nitrogens with two attached hydrogens (primary N) is 1. The number of benzene rings is 2. The first-order valence-corrected chi connectivity index (χ1v) is 7.92. The summed E-state index contributed by atoms with van der Waals surface area (Å²) in [7, 11) is -4.51. The molecule has 0 bridgehead atoms. The van der Waals surface area contributed by atoms with E-state index in [-0.39, 0.29) is 22.7 Å². The number of nitrogen functional groups attached to an aromatic ring is 1. The van der Waals surface area contributed by atoms with E-state index >= 15 is 0 Å². The maximum atomic E-state index is 12.2. The van der Waals surface area contributed by atoms with E-state index in [0.29, 0.717) is 5.56 Å². The summed E-state index contributed by atoms with van der Waals surface area (Å²) in [5, 5.41) is 2.38. The number of anilines is 2. The van der Waals surface area contributed by atoms with Gasteiger partial charge in [0.1, 0.15) is 4.90 Å². The molecule has 0 saturated carbocycles. The van der Waals surface area contributed by atoms with Crippen molar-refractivity contribution in [3.63, 3.8) is 0 Å². The predicted molar refractivity (Wildman–Crippen MR) is 85.1 cm³/mol. The third-order valence-corrected chi connectivity index (χ3v) is 4.00. The number of hydrogen-bond donors (Lipinski definition) is 3. The van der Waals surface area contributed by atoms with Crippen molar-refractivity contribution in [2.45, 2.75) is 11.8 Å². The molecule has 8 heteroatoms. The zero-order valence-corrected chi connectivity index (χ0v) is 12.9. The Morgan fingerprint density at radius 1 is 1.04 bits per heavy atom. The largest absolute Gasteiger partial charge is 0.399 e. The average Bonchev–Trinajstić information content (AvgIpc) is 2.46. The van der Waals surface area contributed by atoms with Crippen molar-refractivity contribution in [2.75, 3.05) is 11.1 Å². The van der Waals surface area contributed by atoms with Gasteiger partial charge in [-0.15, -0.1) is 0 Å². The number of ketones is 1. The smallest absolute Gasteiger partial charge is 0.296 e. The SMILES string of the molecule is CC(=O)c1ccc(C(=O)Nc2cc(N)ccc2S(=O)(=O)O)cc1. The van der Waals surface area contributed by atoms with Crippen molar-refractivity contribution in [1.82, 2.24) is 0 Å². The Morgan fingerprint density at radius 3 is 2.13 bits per heavy atom. The van der Waals surface area contributed by atoms with E-state index in [1.54, 1.807) is 0 Å². The van der Waals surface area contributed by atoms with Crippen LogP contribution in [0, 0.1) is 0 Å². The lowest BCUT2D eigenvalue weighted by molar-refractivity contribution is 0.100. The third kappa shape index (κ3) is 3.93. The van der Waals surface area contributed by atoms with Crippen LogP contribution in [-0.2, 0) is 10.1 Å². The summed E-state index contributed by atoms with van der Waals surface area (Å²) < 4.78 is 31.8. The molecule has 0 radical (unpaired) electrons. The van der Waals surface area contributed by atoms with Crippen molar-refractivity contribution >= 4 is 33.2 Å². The van der Waals surface area contributed by atoms with Crippen LogP contribution in [0.15, 0.2) is 47.4 Å². The molecule has 0 aliphatic rings. The quantitative estimate of drug-likeness (QED) is 0.446. The molecule has 0 unspecified atom stereocenters. The Bertz CT molecular complexity index is 873. The molecule has 2 rings (SSSR count). The van der Waals surface area contributed by atoms with Crippen LogP contribution < -0.4 is 11.1 Å². The fraction of sp³-hybridized carbons (Fsp3) is 0.0667. The van der Waals surface area contributed by atoms with Crippen molar-refractivity contribution in [1.29, 1.82) is 0 Å². The second-order valence-corrected chi connectivity index (χ2v) is 6.21. The number of Topliss-reactive ketones (excluding diaryl/α,β-unsaturated/α-hetero) is 1. The molecule has 0 heterocycles. The minimum atomic E-state index is -4.51. The highest BCUT2D eigenvalue weighted by atomic mass is 32.2. The van der Waals surface area contributed by atoms with E-state index in [0.717, 1.165) is 6.07 Å². The maximum Gasteiger partial charge on any atom is 0.296 e. The van der Waals surface area contributed by atoms with E-state index in [1.165, 1.54) is 43.3 Å². The van der Waals surface area contributed by atoms with Gasteiger partial charge < -0.3 is 11.1 Å². The number of carbonyl (C=O) groups is 2. The molecule has 1 amide bonds. The van der Waals surface area contributed by atoms with Crippen molar-refractivity contribution in [3.05, 3.63) is 53.6 Å². The van der Waals surface area contributed by atoms with Crippen LogP contribution in [0.25, 0.3) is 0 Å². The second-order valence-electron chi connectivity index (χ2n) is 4.82. The summed E-state index contributed by atoms with van der Waals surface area (Å²) in [5.74, 6) is -0.739. The lowest BCUT2D eigenvalue weighted by Crippen LogP contribution is -2.15. The van der Waals surface area contributed by atoms with E-state index in [4.69, 9.17) is 5.73 Å². The highest BCUT2D eigenvalue weighted by Gasteiger charge is 2.18. The van der Waals surface area contributed by atoms with Gasteiger partial charge in [-0.3, -0.25) is 14.1 Å². The molecule has 7 nitrogen and oxygen atoms in total. The average molecular weight is 334 g/mol. The van der Waals surface area contributed by atoms with Crippen LogP contribution in [0.4, 0.5) is 11.4 Å².